The van der Waals surface area contributed by atoms with Crippen LogP contribution in [-0.2, 0) is 16.8 Å². The van der Waals surface area contributed by atoms with Gasteiger partial charge in [-0.3, -0.25) is 14.5 Å². The fourth-order valence-corrected chi connectivity index (χ4v) is 3.73. The first-order valence-electron chi connectivity index (χ1n) is 8.24. The molecule has 1 fully saturated rings. The Morgan fingerprint density at radius 2 is 1.92 bits per heavy atom. The minimum atomic E-state index is -1.11. The van der Waals surface area contributed by atoms with E-state index in [1.807, 2.05) is 22.9 Å². The number of urea groups is 1. The van der Waals surface area contributed by atoms with Crippen molar-refractivity contribution in [2.24, 2.45) is 0 Å². The topological polar surface area (TPSA) is 66.5 Å². The summed E-state index contributed by atoms with van der Waals surface area (Å²) in [5.41, 5.74) is 1.29. The molecule has 0 bridgehead atoms. The van der Waals surface area contributed by atoms with Gasteiger partial charge < -0.3 is 5.32 Å². The van der Waals surface area contributed by atoms with E-state index in [4.69, 9.17) is 0 Å². The lowest BCUT2D eigenvalue weighted by molar-refractivity contribution is -0.130. The molecule has 1 aliphatic heterocycles. The molecule has 6 heteroatoms. The lowest BCUT2D eigenvalue weighted by atomic mass is 9.95. The van der Waals surface area contributed by atoms with Crippen molar-refractivity contribution in [3.05, 3.63) is 57.8 Å². The van der Waals surface area contributed by atoms with E-state index in [1.165, 1.54) is 16.9 Å². The van der Waals surface area contributed by atoms with Crippen molar-refractivity contribution in [1.29, 1.82) is 0 Å². The molecule has 1 atom stereocenters. The Morgan fingerprint density at radius 3 is 2.52 bits per heavy atom. The molecule has 5 nitrogen and oxygen atoms in total. The summed E-state index contributed by atoms with van der Waals surface area (Å²) in [4.78, 5) is 38.5. The van der Waals surface area contributed by atoms with Gasteiger partial charge in [0.25, 0.3) is 5.91 Å². The van der Waals surface area contributed by atoms with Crippen LogP contribution in [0.3, 0.4) is 0 Å². The zero-order valence-corrected chi connectivity index (χ0v) is 15.1. The Hall–Kier alpha value is -2.47. The number of ketones is 1. The quantitative estimate of drug-likeness (QED) is 0.637. The van der Waals surface area contributed by atoms with Crippen LogP contribution in [0.25, 0.3) is 0 Å². The standard InChI is InChI=1S/C19H20N2O3S/c1-3-4-13-5-7-14(8-6-13)16(22)11-21-17(23)19(2,20-18(21)24)15-9-10-25-12-15/h5-10,12H,3-4,11H2,1-2H3,(H,20,24). The third kappa shape index (κ3) is 3.22. The summed E-state index contributed by atoms with van der Waals surface area (Å²) in [6, 6.07) is 8.61. The van der Waals surface area contributed by atoms with Gasteiger partial charge in [-0.2, -0.15) is 11.3 Å². The van der Waals surface area contributed by atoms with Crippen LogP contribution in [0, 0.1) is 0 Å². The molecule has 0 aliphatic carbocycles. The molecular weight excluding hydrogens is 336 g/mol. The molecular formula is C19H20N2O3S. The molecule has 3 amide bonds. The van der Waals surface area contributed by atoms with Crippen LogP contribution < -0.4 is 5.32 Å². The number of imide groups is 1. The first-order valence-corrected chi connectivity index (χ1v) is 9.19. The SMILES string of the molecule is CCCc1ccc(C(=O)CN2C(=O)NC(C)(c3ccsc3)C2=O)cc1. The van der Waals surface area contributed by atoms with E-state index < -0.39 is 17.5 Å². The fourth-order valence-electron chi connectivity index (χ4n) is 2.97. The van der Waals surface area contributed by atoms with Gasteiger partial charge in [0.2, 0.25) is 0 Å². The number of thiophene rings is 1. The maximum Gasteiger partial charge on any atom is 0.325 e. The molecule has 1 N–H and O–H groups in total. The Kier molecular flexibility index (Phi) is 4.72. The number of Topliss-reactive ketones (excluding diaryl/α,β-unsaturated/α-hetero) is 1. The molecule has 130 valence electrons. The summed E-state index contributed by atoms with van der Waals surface area (Å²) in [6.45, 7) is 3.51. The lowest BCUT2D eigenvalue weighted by Gasteiger charge is -2.20. The van der Waals surface area contributed by atoms with E-state index >= 15 is 0 Å². The van der Waals surface area contributed by atoms with Gasteiger partial charge >= 0.3 is 6.03 Å². The number of carbonyl (C=O) groups is 3. The van der Waals surface area contributed by atoms with E-state index in [-0.39, 0.29) is 12.3 Å². The predicted octanol–water partition coefficient (Wildman–Crippen LogP) is 3.35. The van der Waals surface area contributed by atoms with Crippen LogP contribution in [-0.4, -0.2) is 29.2 Å². The maximum absolute atomic E-state index is 12.7. The molecule has 1 unspecified atom stereocenters. The number of nitrogens with one attached hydrogen (secondary N) is 1. The molecule has 1 aromatic carbocycles. The zero-order valence-electron chi connectivity index (χ0n) is 14.2. The average Bonchev–Trinajstić information content (AvgIpc) is 3.20. The number of rotatable bonds is 6. The molecule has 0 radical (unpaired) electrons. The van der Waals surface area contributed by atoms with Crippen LogP contribution in [0.4, 0.5) is 4.79 Å². The number of nitrogens with zero attached hydrogens (tertiary/aromatic N) is 1. The van der Waals surface area contributed by atoms with Gasteiger partial charge in [0.05, 0.1) is 6.54 Å². The Labute approximate surface area is 150 Å². The number of carbonyl (C=O) groups excluding carboxylic acids is 3. The Bertz CT molecular complexity index is 799. The van der Waals surface area contributed by atoms with E-state index in [0.717, 1.165) is 23.3 Å². The van der Waals surface area contributed by atoms with Gasteiger partial charge in [0, 0.05) is 5.56 Å². The second-order valence-electron chi connectivity index (χ2n) is 6.33. The molecule has 25 heavy (non-hydrogen) atoms. The minimum absolute atomic E-state index is 0.249. The lowest BCUT2D eigenvalue weighted by Crippen LogP contribution is -2.41. The summed E-state index contributed by atoms with van der Waals surface area (Å²) in [6.07, 6.45) is 2.00. The number of amides is 3. The van der Waals surface area contributed by atoms with Gasteiger partial charge in [-0.05, 0) is 41.3 Å². The van der Waals surface area contributed by atoms with Crippen molar-refractivity contribution in [3.8, 4) is 0 Å². The van der Waals surface area contributed by atoms with E-state index in [0.29, 0.717) is 5.56 Å². The van der Waals surface area contributed by atoms with Crippen molar-refractivity contribution in [1.82, 2.24) is 10.2 Å². The Morgan fingerprint density at radius 1 is 1.20 bits per heavy atom. The summed E-state index contributed by atoms with van der Waals surface area (Å²) < 4.78 is 0. The molecule has 1 aromatic heterocycles. The highest BCUT2D eigenvalue weighted by molar-refractivity contribution is 7.08. The van der Waals surface area contributed by atoms with Gasteiger partial charge in [0.15, 0.2) is 5.78 Å². The average molecular weight is 356 g/mol. The van der Waals surface area contributed by atoms with E-state index in [1.54, 1.807) is 25.1 Å². The first kappa shape index (κ1) is 17.4. The normalized spacial score (nSPS) is 20.0. The molecule has 0 saturated carbocycles. The molecule has 2 heterocycles. The second-order valence-corrected chi connectivity index (χ2v) is 7.11. The maximum atomic E-state index is 12.7. The van der Waals surface area contributed by atoms with Crippen molar-refractivity contribution in [3.63, 3.8) is 0 Å². The largest absolute Gasteiger partial charge is 0.325 e. The number of hydrogen-bond donors (Lipinski definition) is 1. The summed E-state index contributed by atoms with van der Waals surface area (Å²) >= 11 is 1.46. The molecule has 1 aliphatic rings. The fraction of sp³-hybridized carbons (Fsp3) is 0.316. The summed E-state index contributed by atoms with van der Waals surface area (Å²) in [7, 11) is 0. The van der Waals surface area contributed by atoms with Crippen LogP contribution >= 0.6 is 11.3 Å². The van der Waals surface area contributed by atoms with Crippen molar-refractivity contribution < 1.29 is 14.4 Å². The van der Waals surface area contributed by atoms with Gasteiger partial charge in [-0.15, -0.1) is 0 Å². The number of benzene rings is 1. The highest BCUT2D eigenvalue weighted by Gasteiger charge is 2.49. The van der Waals surface area contributed by atoms with E-state index in [9.17, 15) is 14.4 Å². The van der Waals surface area contributed by atoms with Crippen molar-refractivity contribution in [2.75, 3.05) is 6.54 Å². The second kappa shape index (κ2) is 6.80. The summed E-state index contributed by atoms with van der Waals surface area (Å²) in [5, 5.41) is 6.39. The molecule has 2 aromatic rings. The van der Waals surface area contributed by atoms with Gasteiger partial charge in [-0.25, -0.2) is 4.79 Å². The van der Waals surface area contributed by atoms with E-state index in [2.05, 4.69) is 12.2 Å². The van der Waals surface area contributed by atoms with Crippen LogP contribution in [0.1, 0.15) is 41.8 Å². The predicted molar refractivity (Wildman–Crippen MR) is 96.7 cm³/mol. The molecule has 1 saturated heterocycles. The third-order valence-electron chi connectivity index (χ3n) is 4.49. The van der Waals surface area contributed by atoms with Crippen molar-refractivity contribution in [2.45, 2.75) is 32.2 Å². The van der Waals surface area contributed by atoms with Crippen LogP contribution in [0.5, 0.6) is 0 Å². The monoisotopic (exact) mass is 356 g/mol. The van der Waals surface area contributed by atoms with Gasteiger partial charge in [-0.1, -0.05) is 37.6 Å². The minimum Gasteiger partial charge on any atom is -0.319 e. The molecule has 3 rings (SSSR count). The molecule has 0 spiro atoms. The highest BCUT2D eigenvalue weighted by Crippen LogP contribution is 2.30. The first-order chi connectivity index (χ1) is 12.0. The zero-order chi connectivity index (χ0) is 18.0. The van der Waals surface area contributed by atoms with Crippen LogP contribution in [0.2, 0.25) is 0 Å². The number of aryl methyl sites for hydroxylation is 1. The van der Waals surface area contributed by atoms with Crippen molar-refractivity contribution >= 4 is 29.1 Å². The summed E-state index contributed by atoms with van der Waals surface area (Å²) in [5.74, 6) is -0.645. The Balaban J connectivity index is 1.75. The third-order valence-corrected chi connectivity index (χ3v) is 5.17. The van der Waals surface area contributed by atoms with Crippen LogP contribution in [0.15, 0.2) is 41.1 Å². The smallest absolute Gasteiger partial charge is 0.319 e. The highest BCUT2D eigenvalue weighted by atomic mass is 32.1. The van der Waals surface area contributed by atoms with Gasteiger partial charge in [0.1, 0.15) is 5.54 Å². The number of hydrogen-bond acceptors (Lipinski definition) is 4.